The Morgan fingerprint density at radius 3 is 2.80 bits per heavy atom. The highest BCUT2D eigenvalue weighted by Gasteiger charge is 2.25. The normalized spacial score (nSPS) is 16.7. The lowest BCUT2D eigenvalue weighted by atomic mass is 10.1. The van der Waals surface area contributed by atoms with Crippen molar-refractivity contribution < 1.29 is 0 Å². The SMILES string of the molecule is CN=C(NCCc1ccc(-n2cccn2)cc1)NC1CCN(c2ncccc2Cl)C1. The number of nitrogens with zero attached hydrogens (tertiary/aromatic N) is 5. The molecular formula is C22H26ClN7. The zero-order chi connectivity index (χ0) is 20.8. The van der Waals surface area contributed by atoms with Crippen LogP contribution in [-0.2, 0) is 6.42 Å². The van der Waals surface area contributed by atoms with Crippen LogP contribution in [-0.4, -0.2) is 53.4 Å². The van der Waals surface area contributed by atoms with E-state index < -0.39 is 0 Å². The Kier molecular flexibility index (Phi) is 6.49. The van der Waals surface area contributed by atoms with E-state index in [1.54, 1.807) is 19.4 Å². The molecule has 1 saturated heterocycles. The zero-order valence-corrected chi connectivity index (χ0v) is 17.8. The van der Waals surface area contributed by atoms with E-state index in [4.69, 9.17) is 11.6 Å². The number of hydrogen-bond donors (Lipinski definition) is 2. The van der Waals surface area contributed by atoms with Gasteiger partial charge in [0.05, 0.1) is 10.7 Å². The van der Waals surface area contributed by atoms with Crippen LogP contribution in [0.3, 0.4) is 0 Å². The minimum Gasteiger partial charge on any atom is -0.356 e. The predicted octanol–water partition coefficient (Wildman–Crippen LogP) is 2.91. The molecule has 0 amide bonds. The number of halogens is 1. The molecule has 30 heavy (non-hydrogen) atoms. The molecule has 0 aliphatic carbocycles. The summed E-state index contributed by atoms with van der Waals surface area (Å²) >= 11 is 6.29. The van der Waals surface area contributed by atoms with E-state index in [-0.39, 0.29) is 0 Å². The van der Waals surface area contributed by atoms with E-state index >= 15 is 0 Å². The molecule has 3 aromatic rings. The van der Waals surface area contributed by atoms with E-state index in [9.17, 15) is 0 Å². The van der Waals surface area contributed by atoms with E-state index in [1.165, 1.54) is 5.56 Å². The van der Waals surface area contributed by atoms with Gasteiger partial charge in [0.2, 0.25) is 0 Å². The fraction of sp³-hybridized carbons (Fsp3) is 0.318. The molecule has 2 N–H and O–H groups in total. The summed E-state index contributed by atoms with van der Waals surface area (Å²) in [6, 6.07) is 14.4. The molecule has 0 bridgehead atoms. The van der Waals surface area contributed by atoms with Gasteiger partial charge in [0.1, 0.15) is 5.82 Å². The molecule has 1 aliphatic heterocycles. The summed E-state index contributed by atoms with van der Waals surface area (Å²) in [5.74, 6) is 1.67. The number of anilines is 1. The van der Waals surface area contributed by atoms with Crippen molar-refractivity contribution in [1.29, 1.82) is 0 Å². The second-order valence-electron chi connectivity index (χ2n) is 7.25. The molecule has 156 valence electrons. The molecule has 8 heteroatoms. The largest absolute Gasteiger partial charge is 0.356 e. The maximum absolute atomic E-state index is 6.29. The molecule has 1 aliphatic rings. The first-order valence-corrected chi connectivity index (χ1v) is 10.5. The highest BCUT2D eigenvalue weighted by molar-refractivity contribution is 6.32. The third-order valence-electron chi connectivity index (χ3n) is 5.20. The van der Waals surface area contributed by atoms with Gasteiger partial charge in [-0.05, 0) is 48.7 Å². The van der Waals surface area contributed by atoms with Crippen molar-refractivity contribution >= 4 is 23.4 Å². The van der Waals surface area contributed by atoms with E-state index in [1.807, 2.05) is 29.1 Å². The summed E-state index contributed by atoms with van der Waals surface area (Å²) in [6.07, 6.45) is 7.44. The number of hydrogen-bond acceptors (Lipinski definition) is 4. The first kappa shape index (κ1) is 20.2. The highest BCUT2D eigenvalue weighted by Crippen LogP contribution is 2.25. The average molecular weight is 424 g/mol. The van der Waals surface area contributed by atoms with E-state index in [0.29, 0.717) is 11.1 Å². The van der Waals surface area contributed by atoms with Crippen LogP contribution in [0.4, 0.5) is 5.82 Å². The molecule has 0 radical (unpaired) electrons. The van der Waals surface area contributed by atoms with Crippen molar-refractivity contribution in [2.75, 3.05) is 31.6 Å². The summed E-state index contributed by atoms with van der Waals surface area (Å²) in [5, 5.41) is 11.9. The van der Waals surface area contributed by atoms with Crippen LogP contribution >= 0.6 is 11.6 Å². The number of aliphatic imine (C=N–C) groups is 1. The summed E-state index contributed by atoms with van der Waals surface area (Å²) in [6.45, 7) is 2.59. The van der Waals surface area contributed by atoms with Crippen molar-refractivity contribution in [3.63, 3.8) is 0 Å². The van der Waals surface area contributed by atoms with Crippen molar-refractivity contribution in [2.45, 2.75) is 18.9 Å². The Labute approximate surface area is 181 Å². The smallest absolute Gasteiger partial charge is 0.191 e. The van der Waals surface area contributed by atoms with Gasteiger partial charge in [0, 0.05) is 51.3 Å². The van der Waals surface area contributed by atoms with Crippen LogP contribution in [0.1, 0.15) is 12.0 Å². The van der Waals surface area contributed by atoms with Crippen molar-refractivity contribution in [3.8, 4) is 5.69 Å². The topological polar surface area (TPSA) is 70.4 Å². The molecule has 3 heterocycles. The van der Waals surface area contributed by atoms with Gasteiger partial charge in [-0.25, -0.2) is 9.67 Å². The van der Waals surface area contributed by atoms with Crippen molar-refractivity contribution in [2.24, 2.45) is 4.99 Å². The molecule has 0 saturated carbocycles. The Morgan fingerprint density at radius 2 is 2.07 bits per heavy atom. The van der Waals surface area contributed by atoms with Gasteiger partial charge >= 0.3 is 0 Å². The van der Waals surface area contributed by atoms with Crippen molar-refractivity contribution in [1.82, 2.24) is 25.4 Å². The van der Waals surface area contributed by atoms with Gasteiger partial charge in [-0.1, -0.05) is 23.7 Å². The van der Waals surface area contributed by atoms with Gasteiger partial charge in [0.25, 0.3) is 0 Å². The van der Waals surface area contributed by atoms with E-state index in [2.05, 4.69) is 54.9 Å². The number of rotatable bonds is 6. The van der Waals surface area contributed by atoms with Gasteiger partial charge in [-0.15, -0.1) is 0 Å². The molecule has 0 spiro atoms. The number of pyridine rings is 1. The molecule has 2 aromatic heterocycles. The summed E-state index contributed by atoms with van der Waals surface area (Å²) < 4.78 is 1.86. The molecule has 1 aromatic carbocycles. The molecule has 4 rings (SSSR count). The quantitative estimate of drug-likeness (QED) is 0.471. The number of guanidine groups is 1. The lowest BCUT2D eigenvalue weighted by Gasteiger charge is -2.20. The summed E-state index contributed by atoms with van der Waals surface area (Å²) in [7, 11) is 1.80. The molecular weight excluding hydrogens is 398 g/mol. The molecule has 1 atom stereocenters. The minimum atomic E-state index is 0.308. The third-order valence-corrected chi connectivity index (χ3v) is 5.50. The standard InChI is InChI=1S/C22H26ClN7/c1-24-22(28-18-10-15-29(16-18)21-20(23)4-2-11-25-21)26-13-9-17-5-7-19(8-6-17)30-14-3-12-27-30/h2-8,11-12,14,18H,9-10,13,15-16H2,1H3,(H2,24,26,28). The first-order chi connectivity index (χ1) is 14.7. The summed E-state index contributed by atoms with van der Waals surface area (Å²) in [5.41, 5.74) is 2.33. The maximum atomic E-state index is 6.29. The Bertz CT molecular complexity index is 969. The van der Waals surface area contributed by atoms with Crippen LogP contribution < -0.4 is 15.5 Å². The minimum absolute atomic E-state index is 0.308. The lowest BCUT2D eigenvalue weighted by molar-refractivity contribution is 0.648. The monoisotopic (exact) mass is 423 g/mol. The van der Waals surface area contributed by atoms with Gasteiger partial charge in [-0.3, -0.25) is 4.99 Å². The van der Waals surface area contributed by atoms with Gasteiger partial charge < -0.3 is 15.5 Å². The Hall–Kier alpha value is -3.06. The summed E-state index contributed by atoms with van der Waals surface area (Å²) in [4.78, 5) is 11.0. The fourth-order valence-electron chi connectivity index (χ4n) is 3.63. The van der Waals surface area contributed by atoms with Crippen LogP contribution in [0.2, 0.25) is 5.02 Å². The number of nitrogens with one attached hydrogen (secondary N) is 2. The van der Waals surface area contributed by atoms with Crippen LogP contribution in [0.5, 0.6) is 0 Å². The van der Waals surface area contributed by atoms with E-state index in [0.717, 1.165) is 49.9 Å². The number of aromatic nitrogens is 3. The van der Waals surface area contributed by atoms with Crippen molar-refractivity contribution in [3.05, 3.63) is 71.6 Å². The van der Waals surface area contributed by atoms with Crippen LogP contribution in [0.25, 0.3) is 5.69 Å². The molecule has 1 fully saturated rings. The third kappa shape index (κ3) is 4.91. The number of benzene rings is 1. The molecule has 7 nitrogen and oxygen atoms in total. The average Bonchev–Trinajstić information content (AvgIpc) is 3.46. The second kappa shape index (κ2) is 9.63. The van der Waals surface area contributed by atoms with Gasteiger partial charge in [0.15, 0.2) is 5.96 Å². The van der Waals surface area contributed by atoms with Crippen LogP contribution in [0, 0.1) is 0 Å². The Morgan fingerprint density at radius 1 is 1.20 bits per heavy atom. The lowest BCUT2D eigenvalue weighted by Crippen LogP contribution is -2.45. The zero-order valence-electron chi connectivity index (χ0n) is 17.0. The second-order valence-corrected chi connectivity index (χ2v) is 7.66. The Balaban J connectivity index is 1.24. The maximum Gasteiger partial charge on any atom is 0.191 e. The van der Waals surface area contributed by atoms with Crippen LogP contribution in [0.15, 0.2) is 66.0 Å². The first-order valence-electron chi connectivity index (χ1n) is 10.1. The fourth-order valence-corrected chi connectivity index (χ4v) is 3.87. The molecule has 1 unspecified atom stereocenters. The highest BCUT2D eigenvalue weighted by atomic mass is 35.5. The van der Waals surface area contributed by atoms with Gasteiger partial charge in [-0.2, -0.15) is 5.10 Å². The predicted molar refractivity (Wildman–Crippen MR) is 122 cm³/mol.